The SMILES string of the molecule is C=CCc1ccccc1OCCCCSc1nc(-c2ccccc2)cc(-c2ccccc2)c1C#N. The van der Waals surface area contributed by atoms with E-state index in [0.29, 0.717) is 12.2 Å². The zero-order valence-electron chi connectivity index (χ0n) is 19.7. The van der Waals surface area contributed by atoms with Crippen LogP contribution in [0, 0.1) is 11.3 Å². The Labute approximate surface area is 212 Å². The van der Waals surface area contributed by atoms with Gasteiger partial charge in [0.25, 0.3) is 0 Å². The molecule has 4 heteroatoms. The van der Waals surface area contributed by atoms with Crippen molar-refractivity contribution in [2.75, 3.05) is 12.4 Å². The van der Waals surface area contributed by atoms with Gasteiger partial charge in [-0.05, 0) is 48.3 Å². The monoisotopic (exact) mass is 476 g/mol. The molecule has 0 aliphatic heterocycles. The molecule has 0 radical (unpaired) electrons. The number of allylic oxidation sites excluding steroid dienone is 1. The Hall–Kier alpha value is -3.81. The summed E-state index contributed by atoms with van der Waals surface area (Å²) in [5, 5.41) is 10.8. The molecular weight excluding hydrogens is 448 g/mol. The molecule has 35 heavy (non-hydrogen) atoms. The van der Waals surface area contributed by atoms with E-state index in [4.69, 9.17) is 9.72 Å². The highest BCUT2D eigenvalue weighted by Gasteiger charge is 2.15. The van der Waals surface area contributed by atoms with E-state index in [-0.39, 0.29) is 0 Å². The zero-order chi connectivity index (χ0) is 24.3. The quantitative estimate of drug-likeness (QED) is 0.125. The second-order valence-electron chi connectivity index (χ2n) is 8.08. The number of hydrogen-bond donors (Lipinski definition) is 0. The van der Waals surface area contributed by atoms with Gasteiger partial charge in [-0.15, -0.1) is 18.3 Å². The molecule has 0 atom stereocenters. The van der Waals surface area contributed by atoms with Crippen LogP contribution in [0.3, 0.4) is 0 Å². The lowest BCUT2D eigenvalue weighted by atomic mass is 9.99. The zero-order valence-corrected chi connectivity index (χ0v) is 20.5. The van der Waals surface area contributed by atoms with Gasteiger partial charge in [0.15, 0.2) is 0 Å². The number of nitriles is 1. The first-order chi connectivity index (χ1) is 17.3. The third kappa shape index (κ3) is 6.41. The lowest BCUT2D eigenvalue weighted by Gasteiger charge is -2.13. The van der Waals surface area contributed by atoms with Crippen LogP contribution in [0.5, 0.6) is 5.75 Å². The Bertz CT molecular complexity index is 1300. The Kier molecular flexibility index (Phi) is 8.75. The summed E-state index contributed by atoms with van der Waals surface area (Å²) in [6.45, 7) is 4.48. The van der Waals surface area contributed by atoms with Gasteiger partial charge >= 0.3 is 0 Å². The minimum atomic E-state index is 0.635. The highest BCUT2D eigenvalue weighted by molar-refractivity contribution is 7.99. The van der Waals surface area contributed by atoms with Crippen molar-refractivity contribution in [1.29, 1.82) is 5.26 Å². The third-order valence-corrected chi connectivity index (χ3v) is 6.69. The van der Waals surface area contributed by atoms with Gasteiger partial charge in [-0.1, -0.05) is 84.9 Å². The highest BCUT2D eigenvalue weighted by atomic mass is 32.2. The molecule has 0 aliphatic rings. The largest absolute Gasteiger partial charge is 0.493 e. The fourth-order valence-electron chi connectivity index (χ4n) is 3.86. The second kappa shape index (κ2) is 12.6. The lowest BCUT2D eigenvalue weighted by molar-refractivity contribution is 0.307. The molecule has 174 valence electrons. The first-order valence-electron chi connectivity index (χ1n) is 11.8. The molecule has 4 rings (SSSR count). The van der Waals surface area contributed by atoms with Crippen LogP contribution in [0.25, 0.3) is 22.4 Å². The molecule has 3 aromatic carbocycles. The van der Waals surface area contributed by atoms with Crippen molar-refractivity contribution < 1.29 is 4.74 Å². The Morgan fingerprint density at radius 1 is 0.886 bits per heavy atom. The molecule has 0 amide bonds. The minimum absolute atomic E-state index is 0.635. The Balaban J connectivity index is 1.46. The predicted octanol–water partition coefficient (Wildman–Crippen LogP) is 7.97. The lowest BCUT2D eigenvalue weighted by Crippen LogP contribution is -2.01. The number of hydrogen-bond acceptors (Lipinski definition) is 4. The topological polar surface area (TPSA) is 45.9 Å². The molecule has 0 saturated heterocycles. The van der Waals surface area contributed by atoms with E-state index in [1.54, 1.807) is 11.8 Å². The summed E-state index contributed by atoms with van der Waals surface area (Å²) < 4.78 is 6.02. The van der Waals surface area contributed by atoms with Crippen LogP contribution in [0.4, 0.5) is 0 Å². The maximum Gasteiger partial charge on any atom is 0.122 e. The predicted molar refractivity (Wildman–Crippen MR) is 146 cm³/mol. The van der Waals surface area contributed by atoms with Crippen molar-refractivity contribution in [2.45, 2.75) is 24.3 Å². The number of rotatable bonds is 11. The molecule has 0 spiro atoms. The normalized spacial score (nSPS) is 10.5. The summed E-state index contributed by atoms with van der Waals surface area (Å²) in [7, 11) is 0. The number of nitrogens with zero attached hydrogens (tertiary/aromatic N) is 2. The van der Waals surface area contributed by atoms with Crippen molar-refractivity contribution in [2.24, 2.45) is 0 Å². The highest BCUT2D eigenvalue weighted by Crippen LogP contribution is 2.34. The standard InChI is InChI=1S/C31H28N2OS/c1-2-13-26-18-9-10-19-30(26)34-20-11-12-21-35-31-28(23-32)27(24-14-5-3-6-15-24)22-29(33-31)25-16-7-4-8-17-25/h2-10,14-19,22H,1,11-13,20-21H2. The van der Waals surface area contributed by atoms with Crippen molar-refractivity contribution in [3.8, 4) is 34.2 Å². The van der Waals surface area contributed by atoms with Crippen LogP contribution in [0.1, 0.15) is 24.0 Å². The molecule has 0 bridgehead atoms. The third-order valence-electron chi connectivity index (χ3n) is 5.62. The number of aromatic nitrogens is 1. The first-order valence-corrected chi connectivity index (χ1v) is 12.8. The summed E-state index contributed by atoms with van der Waals surface area (Å²) in [6, 6.07) is 32.8. The minimum Gasteiger partial charge on any atom is -0.493 e. The van der Waals surface area contributed by atoms with Crippen LogP contribution in [0.15, 0.2) is 109 Å². The number of ether oxygens (including phenoxy) is 1. The van der Waals surface area contributed by atoms with Gasteiger partial charge in [-0.3, -0.25) is 0 Å². The molecule has 0 fully saturated rings. The number of thioether (sulfide) groups is 1. The molecular formula is C31H28N2OS. The average molecular weight is 477 g/mol. The van der Waals surface area contributed by atoms with Gasteiger partial charge in [0.2, 0.25) is 0 Å². The van der Waals surface area contributed by atoms with Crippen molar-refractivity contribution in [3.63, 3.8) is 0 Å². The number of unbranched alkanes of at least 4 members (excludes halogenated alkanes) is 1. The van der Waals surface area contributed by atoms with Crippen LogP contribution in [0.2, 0.25) is 0 Å². The molecule has 0 unspecified atom stereocenters. The molecule has 0 aliphatic carbocycles. The van der Waals surface area contributed by atoms with E-state index in [1.807, 2.05) is 78.9 Å². The van der Waals surface area contributed by atoms with Crippen LogP contribution < -0.4 is 4.74 Å². The van der Waals surface area contributed by atoms with Gasteiger partial charge in [-0.25, -0.2) is 4.98 Å². The number of para-hydroxylation sites is 1. The van der Waals surface area contributed by atoms with Crippen molar-refractivity contribution >= 4 is 11.8 Å². The summed E-state index contributed by atoms with van der Waals surface area (Å²) in [5.41, 5.74) is 5.67. The van der Waals surface area contributed by atoms with Gasteiger partial charge < -0.3 is 4.74 Å². The van der Waals surface area contributed by atoms with E-state index >= 15 is 0 Å². The van der Waals surface area contributed by atoms with E-state index in [2.05, 4.69) is 30.8 Å². The Morgan fingerprint density at radius 2 is 1.57 bits per heavy atom. The first kappa shape index (κ1) is 24.3. The molecule has 0 saturated carbocycles. The summed E-state index contributed by atoms with van der Waals surface area (Å²) in [4.78, 5) is 4.90. The Morgan fingerprint density at radius 3 is 2.29 bits per heavy atom. The summed E-state index contributed by atoms with van der Waals surface area (Å²) in [6.07, 6.45) is 4.60. The molecule has 4 aromatic rings. The van der Waals surface area contributed by atoms with Crippen molar-refractivity contribution in [3.05, 3.63) is 115 Å². The van der Waals surface area contributed by atoms with Crippen LogP contribution in [-0.4, -0.2) is 17.3 Å². The molecule has 3 nitrogen and oxygen atoms in total. The number of pyridine rings is 1. The fraction of sp³-hybridized carbons (Fsp3) is 0.161. The summed E-state index contributed by atoms with van der Waals surface area (Å²) in [5.74, 6) is 1.79. The molecule has 1 aromatic heterocycles. The van der Waals surface area contributed by atoms with E-state index in [9.17, 15) is 5.26 Å². The van der Waals surface area contributed by atoms with E-state index in [1.165, 1.54) is 0 Å². The molecule has 0 N–H and O–H groups in total. The smallest absolute Gasteiger partial charge is 0.122 e. The van der Waals surface area contributed by atoms with Gasteiger partial charge in [0, 0.05) is 11.1 Å². The van der Waals surface area contributed by atoms with Crippen molar-refractivity contribution in [1.82, 2.24) is 4.98 Å². The van der Waals surface area contributed by atoms with E-state index < -0.39 is 0 Å². The summed E-state index contributed by atoms with van der Waals surface area (Å²) >= 11 is 1.64. The van der Waals surface area contributed by atoms with Crippen LogP contribution in [-0.2, 0) is 6.42 Å². The van der Waals surface area contributed by atoms with Gasteiger partial charge in [-0.2, -0.15) is 5.26 Å². The molecule has 1 heterocycles. The van der Waals surface area contributed by atoms with Crippen LogP contribution >= 0.6 is 11.8 Å². The maximum absolute atomic E-state index is 10.0. The maximum atomic E-state index is 10.0. The number of benzene rings is 3. The average Bonchev–Trinajstić information content (AvgIpc) is 2.92. The van der Waals surface area contributed by atoms with Gasteiger partial charge in [0.1, 0.15) is 16.8 Å². The van der Waals surface area contributed by atoms with E-state index in [0.717, 1.165) is 63.7 Å². The fourth-order valence-corrected chi connectivity index (χ4v) is 4.86. The van der Waals surface area contributed by atoms with Gasteiger partial charge in [0.05, 0.1) is 17.9 Å². The second-order valence-corrected chi connectivity index (χ2v) is 9.17.